The van der Waals surface area contributed by atoms with Crippen molar-refractivity contribution in [2.75, 3.05) is 0 Å². The molecule has 0 aliphatic rings. The minimum absolute atomic E-state index is 0.322. The van der Waals surface area contributed by atoms with Crippen molar-refractivity contribution in [2.24, 2.45) is 0 Å². The summed E-state index contributed by atoms with van der Waals surface area (Å²) in [5, 5.41) is 11.7. The standard InChI is InChI=1S/C11H9ClN6O/c12-5-8-6-18(17-15-8)7-10-14-11(16-19-10)9-3-1-2-4-13-9/h1-4,6H,5,7H2. The average Bonchev–Trinajstić information content (AvgIpc) is 3.09. The van der Waals surface area contributed by atoms with E-state index in [0.29, 0.717) is 35.5 Å². The lowest BCUT2D eigenvalue weighted by Crippen LogP contribution is -2.00. The van der Waals surface area contributed by atoms with Gasteiger partial charge in [-0.15, -0.1) is 16.7 Å². The molecule has 0 unspecified atom stereocenters. The Balaban J connectivity index is 1.78. The van der Waals surface area contributed by atoms with E-state index >= 15 is 0 Å². The summed E-state index contributed by atoms with van der Waals surface area (Å²) in [6.45, 7) is 0.351. The van der Waals surface area contributed by atoms with Crippen LogP contribution in [0.15, 0.2) is 35.1 Å². The van der Waals surface area contributed by atoms with Crippen molar-refractivity contribution in [3.05, 3.63) is 42.2 Å². The lowest BCUT2D eigenvalue weighted by Gasteiger charge is -1.92. The van der Waals surface area contributed by atoms with Gasteiger partial charge in [0.15, 0.2) is 0 Å². The molecule has 3 aromatic rings. The van der Waals surface area contributed by atoms with Gasteiger partial charge in [-0.2, -0.15) is 4.98 Å². The second kappa shape index (κ2) is 5.15. The highest BCUT2D eigenvalue weighted by atomic mass is 35.5. The molecule has 8 heteroatoms. The lowest BCUT2D eigenvalue weighted by atomic mass is 10.3. The molecule has 0 aliphatic heterocycles. The molecule has 0 spiro atoms. The smallest absolute Gasteiger partial charge is 0.248 e. The first-order chi connectivity index (χ1) is 9.35. The highest BCUT2D eigenvalue weighted by molar-refractivity contribution is 6.16. The van der Waals surface area contributed by atoms with E-state index in [9.17, 15) is 0 Å². The summed E-state index contributed by atoms with van der Waals surface area (Å²) in [6.07, 6.45) is 3.41. The Morgan fingerprint density at radius 2 is 2.26 bits per heavy atom. The lowest BCUT2D eigenvalue weighted by molar-refractivity contribution is 0.364. The predicted octanol–water partition coefficient (Wildman–Crippen LogP) is 1.51. The first-order valence-corrected chi connectivity index (χ1v) is 6.07. The molecular formula is C11H9ClN6O. The number of pyridine rings is 1. The zero-order chi connectivity index (χ0) is 13.1. The van der Waals surface area contributed by atoms with Crippen molar-refractivity contribution >= 4 is 11.6 Å². The van der Waals surface area contributed by atoms with Crippen LogP contribution >= 0.6 is 11.6 Å². The normalized spacial score (nSPS) is 10.8. The molecular weight excluding hydrogens is 268 g/mol. The Morgan fingerprint density at radius 1 is 1.32 bits per heavy atom. The van der Waals surface area contributed by atoms with E-state index in [1.54, 1.807) is 17.1 Å². The van der Waals surface area contributed by atoms with Crippen molar-refractivity contribution in [3.63, 3.8) is 0 Å². The monoisotopic (exact) mass is 276 g/mol. The van der Waals surface area contributed by atoms with Crippen molar-refractivity contribution in [1.29, 1.82) is 0 Å². The molecule has 0 radical (unpaired) electrons. The fourth-order valence-corrected chi connectivity index (χ4v) is 1.66. The molecule has 0 aliphatic carbocycles. The minimum atomic E-state index is 0.322. The van der Waals surface area contributed by atoms with Crippen LogP contribution in [0.4, 0.5) is 0 Å². The van der Waals surface area contributed by atoms with Gasteiger partial charge < -0.3 is 4.52 Å². The number of hydrogen-bond donors (Lipinski definition) is 0. The second-order valence-corrected chi connectivity index (χ2v) is 4.04. The molecule has 0 saturated carbocycles. The topological polar surface area (TPSA) is 82.5 Å². The third-order valence-electron chi connectivity index (χ3n) is 2.38. The molecule has 0 N–H and O–H groups in total. The van der Waals surface area contributed by atoms with Gasteiger partial charge in [-0.05, 0) is 12.1 Å². The molecule has 0 aromatic carbocycles. The molecule has 7 nitrogen and oxygen atoms in total. The van der Waals surface area contributed by atoms with Crippen LogP contribution in [-0.4, -0.2) is 30.1 Å². The van der Waals surface area contributed by atoms with Crippen molar-refractivity contribution in [1.82, 2.24) is 30.1 Å². The molecule has 0 bridgehead atoms. The number of hydrogen-bond acceptors (Lipinski definition) is 6. The Bertz CT molecular complexity index is 665. The van der Waals surface area contributed by atoms with Gasteiger partial charge in [0.25, 0.3) is 0 Å². The van der Waals surface area contributed by atoms with Crippen LogP contribution in [0.5, 0.6) is 0 Å². The van der Waals surface area contributed by atoms with Crippen LogP contribution in [0.2, 0.25) is 0 Å². The Hall–Kier alpha value is -2.28. The number of rotatable bonds is 4. The first-order valence-electron chi connectivity index (χ1n) is 5.54. The predicted molar refractivity (Wildman–Crippen MR) is 66.2 cm³/mol. The molecule has 3 aromatic heterocycles. The number of alkyl halides is 1. The van der Waals surface area contributed by atoms with Crippen molar-refractivity contribution < 1.29 is 4.52 Å². The van der Waals surface area contributed by atoms with Crippen molar-refractivity contribution in [2.45, 2.75) is 12.4 Å². The summed E-state index contributed by atoms with van der Waals surface area (Å²) >= 11 is 5.65. The molecule has 96 valence electrons. The van der Waals surface area contributed by atoms with E-state index < -0.39 is 0 Å². The summed E-state index contributed by atoms with van der Waals surface area (Å²) in [5.41, 5.74) is 1.36. The number of halogens is 1. The number of aromatic nitrogens is 6. The summed E-state index contributed by atoms with van der Waals surface area (Å²) in [7, 11) is 0. The summed E-state index contributed by atoms with van der Waals surface area (Å²) in [6, 6.07) is 5.51. The van der Waals surface area contributed by atoms with Crippen molar-refractivity contribution in [3.8, 4) is 11.5 Å². The highest BCUT2D eigenvalue weighted by Gasteiger charge is 2.10. The van der Waals surface area contributed by atoms with Crippen LogP contribution in [-0.2, 0) is 12.4 Å². The van der Waals surface area contributed by atoms with Crippen LogP contribution in [0.25, 0.3) is 11.5 Å². The van der Waals surface area contributed by atoms with Gasteiger partial charge >= 0.3 is 0 Å². The van der Waals surface area contributed by atoms with E-state index in [-0.39, 0.29) is 0 Å². The van der Waals surface area contributed by atoms with E-state index in [1.165, 1.54) is 0 Å². The maximum Gasteiger partial charge on any atom is 0.248 e. The molecule has 0 fully saturated rings. The summed E-state index contributed by atoms with van der Waals surface area (Å²) in [4.78, 5) is 8.40. The minimum Gasteiger partial charge on any atom is -0.337 e. The largest absolute Gasteiger partial charge is 0.337 e. The number of nitrogens with zero attached hydrogens (tertiary/aromatic N) is 6. The van der Waals surface area contributed by atoms with E-state index in [2.05, 4.69) is 25.4 Å². The van der Waals surface area contributed by atoms with E-state index in [0.717, 1.165) is 0 Å². The third kappa shape index (κ3) is 2.60. The van der Waals surface area contributed by atoms with Crippen LogP contribution < -0.4 is 0 Å². The van der Waals surface area contributed by atoms with E-state index in [4.69, 9.17) is 16.1 Å². The SMILES string of the molecule is ClCc1cn(Cc2nc(-c3ccccn3)no2)nn1. The molecule has 3 rings (SSSR count). The second-order valence-electron chi connectivity index (χ2n) is 3.77. The molecule has 19 heavy (non-hydrogen) atoms. The van der Waals surface area contributed by atoms with Gasteiger partial charge in [0, 0.05) is 6.20 Å². The Kier molecular flexibility index (Phi) is 3.20. The zero-order valence-corrected chi connectivity index (χ0v) is 10.5. The zero-order valence-electron chi connectivity index (χ0n) is 9.77. The van der Waals surface area contributed by atoms with E-state index in [1.807, 2.05) is 18.2 Å². The van der Waals surface area contributed by atoms with Gasteiger partial charge in [0.05, 0.1) is 17.8 Å². The van der Waals surface area contributed by atoms with Gasteiger partial charge in [-0.1, -0.05) is 16.4 Å². The summed E-state index contributed by atoms with van der Waals surface area (Å²) < 4.78 is 6.73. The van der Waals surface area contributed by atoms with Crippen LogP contribution in [0.3, 0.4) is 0 Å². The van der Waals surface area contributed by atoms with Crippen LogP contribution in [0.1, 0.15) is 11.6 Å². The van der Waals surface area contributed by atoms with Crippen LogP contribution in [0, 0.1) is 0 Å². The quantitative estimate of drug-likeness (QED) is 0.672. The highest BCUT2D eigenvalue weighted by Crippen LogP contribution is 2.12. The fourth-order valence-electron chi connectivity index (χ4n) is 1.53. The first kappa shape index (κ1) is 11.8. The van der Waals surface area contributed by atoms with Gasteiger partial charge in [-0.25, -0.2) is 4.68 Å². The third-order valence-corrected chi connectivity index (χ3v) is 2.66. The maximum absolute atomic E-state index is 5.65. The molecule has 3 heterocycles. The summed E-state index contributed by atoms with van der Waals surface area (Å²) in [5.74, 6) is 1.21. The van der Waals surface area contributed by atoms with Gasteiger partial charge in [0.1, 0.15) is 12.2 Å². The maximum atomic E-state index is 5.65. The average molecular weight is 277 g/mol. The Labute approximate surface area is 113 Å². The molecule has 0 atom stereocenters. The van der Waals surface area contributed by atoms with Gasteiger partial charge in [0.2, 0.25) is 11.7 Å². The van der Waals surface area contributed by atoms with Gasteiger partial charge in [-0.3, -0.25) is 4.98 Å². The molecule has 0 saturated heterocycles. The fraction of sp³-hybridized carbons (Fsp3) is 0.182. The Morgan fingerprint density at radius 3 is 3.00 bits per heavy atom. The molecule has 0 amide bonds.